The molecule has 0 atom stereocenters. The van der Waals surface area contributed by atoms with E-state index in [0.29, 0.717) is 18.1 Å². The van der Waals surface area contributed by atoms with Gasteiger partial charge in [0.05, 0.1) is 0 Å². The Morgan fingerprint density at radius 1 is 1.00 bits per heavy atom. The van der Waals surface area contributed by atoms with E-state index in [9.17, 15) is 13.2 Å². The summed E-state index contributed by atoms with van der Waals surface area (Å²) >= 11 is 3.51. The van der Waals surface area contributed by atoms with Crippen molar-refractivity contribution in [3.8, 4) is 0 Å². The zero-order valence-electron chi connectivity index (χ0n) is 11.0. The van der Waals surface area contributed by atoms with Crippen molar-refractivity contribution in [1.82, 2.24) is 0 Å². The van der Waals surface area contributed by atoms with Gasteiger partial charge in [-0.1, -0.05) is 34.1 Å². The molecule has 0 aliphatic heterocycles. The zero-order chi connectivity index (χ0) is 15.0. The molecule has 0 saturated heterocycles. The van der Waals surface area contributed by atoms with E-state index in [0.717, 1.165) is 17.3 Å². The first kappa shape index (κ1) is 14.4. The van der Waals surface area contributed by atoms with Crippen molar-refractivity contribution in [2.45, 2.75) is 24.8 Å². The Balaban J connectivity index is 1.67. The van der Waals surface area contributed by atoms with Crippen LogP contribution in [0.5, 0.6) is 0 Å². The van der Waals surface area contributed by atoms with Gasteiger partial charge in [0.1, 0.15) is 11.5 Å². The molecular formula is C16H13BrF3N. The second-order valence-corrected chi connectivity index (χ2v) is 6.13. The fraction of sp³-hybridized carbons (Fsp3) is 0.250. The van der Waals surface area contributed by atoms with Gasteiger partial charge in [-0.25, -0.2) is 13.2 Å². The molecule has 3 rings (SSSR count). The molecule has 1 aliphatic rings. The third-order valence-electron chi connectivity index (χ3n) is 3.84. The van der Waals surface area contributed by atoms with E-state index in [1.54, 1.807) is 0 Å². The summed E-state index contributed by atoms with van der Waals surface area (Å²) in [7, 11) is 0. The molecule has 0 amide bonds. The monoisotopic (exact) mass is 355 g/mol. The maximum Gasteiger partial charge on any atom is 0.152 e. The quantitative estimate of drug-likeness (QED) is 0.795. The number of halogens is 4. The Bertz CT molecular complexity index is 645. The predicted octanol–water partition coefficient (Wildman–Crippen LogP) is 5.22. The van der Waals surface area contributed by atoms with E-state index in [1.807, 2.05) is 24.3 Å². The van der Waals surface area contributed by atoms with Gasteiger partial charge >= 0.3 is 0 Å². The summed E-state index contributed by atoms with van der Waals surface area (Å²) in [6.45, 7) is 0. The molecule has 1 N–H and O–H groups in total. The van der Waals surface area contributed by atoms with E-state index in [4.69, 9.17) is 0 Å². The first-order valence-electron chi connectivity index (χ1n) is 6.70. The van der Waals surface area contributed by atoms with Gasteiger partial charge in [-0.3, -0.25) is 0 Å². The van der Waals surface area contributed by atoms with Crippen LogP contribution in [0.2, 0.25) is 0 Å². The highest BCUT2D eigenvalue weighted by molar-refractivity contribution is 9.10. The molecule has 1 aliphatic carbocycles. The largest absolute Gasteiger partial charge is 0.378 e. The number of hydrogen-bond acceptors (Lipinski definition) is 1. The zero-order valence-corrected chi connectivity index (χ0v) is 12.6. The Hall–Kier alpha value is -1.49. The molecule has 0 radical (unpaired) electrons. The third kappa shape index (κ3) is 2.93. The number of nitrogens with one attached hydrogen (secondary N) is 1. The Morgan fingerprint density at radius 3 is 2.24 bits per heavy atom. The summed E-state index contributed by atoms with van der Waals surface area (Å²) in [6, 6.07) is 9.33. The van der Waals surface area contributed by atoms with Crippen LogP contribution >= 0.6 is 15.9 Å². The Kier molecular flexibility index (Phi) is 3.93. The summed E-state index contributed by atoms with van der Waals surface area (Å²) < 4.78 is 41.0. The normalized spacial score (nSPS) is 21.0. The minimum absolute atomic E-state index is 0.00318. The lowest BCUT2D eigenvalue weighted by atomic mass is 9.76. The molecular weight excluding hydrogens is 343 g/mol. The van der Waals surface area contributed by atoms with Crippen LogP contribution in [0.3, 0.4) is 0 Å². The highest BCUT2D eigenvalue weighted by Crippen LogP contribution is 2.41. The van der Waals surface area contributed by atoms with Gasteiger partial charge in [0, 0.05) is 22.6 Å². The molecule has 0 heterocycles. The van der Waals surface area contributed by atoms with Gasteiger partial charge in [-0.2, -0.15) is 0 Å². The highest BCUT2D eigenvalue weighted by atomic mass is 79.9. The van der Waals surface area contributed by atoms with Crippen LogP contribution in [-0.2, 0) is 0 Å². The van der Waals surface area contributed by atoms with Crippen molar-refractivity contribution in [3.05, 3.63) is 63.9 Å². The molecule has 2 aromatic carbocycles. The second kappa shape index (κ2) is 5.72. The van der Waals surface area contributed by atoms with Crippen LogP contribution < -0.4 is 5.32 Å². The maximum absolute atomic E-state index is 13.6. The number of anilines is 1. The van der Waals surface area contributed by atoms with Gasteiger partial charge in [-0.05, 0) is 30.4 Å². The van der Waals surface area contributed by atoms with E-state index in [2.05, 4.69) is 21.2 Å². The molecule has 1 nitrogen and oxygen atoms in total. The summed E-state index contributed by atoms with van der Waals surface area (Å²) in [5, 5.41) is 2.83. The predicted molar refractivity (Wildman–Crippen MR) is 79.8 cm³/mol. The number of rotatable bonds is 3. The van der Waals surface area contributed by atoms with Crippen LogP contribution in [0.1, 0.15) is 24.3 Å². The summed E-state index contributed by atoms with van der Waals surface area (Å²) in [5.41, 5.74) is 0.961. The van der Waals surface area contributed by atoms with E-state index in [1.165, 1.54) is 5.56 Å². The minimum atomic E-state index is -0.907. The van der Waals surface area contributed by atoms with Gasteiger partial charge in [0.15, 0.2) is 11.6 Å². The summed E-state index contributed by atoms with van der Waals surface area (Å²) in [6.07, 6.45) is 1.58. The first-order chi connectivity index (χ1) is 10.0. The molecule has 21 heavy (non-hydrogen) atoms. The summed E-state index contributed by atoms with van der Waals surface area (Å²) in [5.74, 6) is -2.33. The lowest BCUT2D eigenvalue weighted by molar-refractivity contribution is 0.370. The van der Waals surface area contributed by atoms with Crippen molar-refractivity contribution < 1.29 is 13.2 Å². The summed E-state index contributed by atoms with van der Waals surface area (Å²) in [4.78, 5) is 0. The van der Waals surface area contributed by atoms with Crippen molar-refractivity contribution in [2.24, 2.45) is 0 Å². The molecule has 2 aromatic rings. The molecule has 5 heteroatoms. The van der Waals surface area contributed by atoms with E-state index in [-0.39, 0.29) is 11.7 Å². The fourth-order valence-corrected chi connectivity index (χ4v) is 3.29. The minimum Gasteiger partial charge on any atom is -0.378 e. The van der Waals surface area contributed by atoms with Gasteiger partial charge < -0.3 is 5.32 Å². The van der Waals surface area contributed by atoms with Crippen molar-refractivity contribution >= 4 is 21.6 Å². The SMILES string of the molecule is Fc1cc(F)c(NC2CC(c3ccccc3Br)C2)c(F)c1. The standard InChI is InChI=1S/C16H13BrF3N/c17-13-4-2-1-3-12(13)9-5-11(6-9)21-16-14(19)7-10(18)8-15(16)20/h1-4,7-9,11,21H,5-6H2. The molecule has 0 unspecified atom stereocenters. The van der Waals surface area contributed by atoms with Crippen molar-refractivity contribution in [2.75, 3.05) is 5.32 Å². The average Bonchev–Trinajstić information content (AvgIpc) is 2.37. The van der Waals surface area contributed by atoms with Crippen LogP contribution in [0, 0.1) is 17.5 Å². The lowest BCUT2D eigenvalue weighted by Gasteiger charge is -2.37. The number of hydrogen-bond donors (Lipinski definition) is 1. The second-order valence-electron chi connectivity index (χ2n) is 5.28. The molecule has 1 saturated carbocycles. The van der Waals surface area contributed by atoms with Crippen LogP contribution in [0.4, 0.5) is 18.9 Å². The van der Waals surface area contributed by atoms with Crippen LogP contribution in [-0.4, -0.2) is 6.04 Å². The van der Waals surface area contributed by atoms with Crippen LogP contribution in [0.25, 0.3) is 0 Å². The smallest absolute Gasteiger partial charge is 0.152 e. The highest BCUT2D eigenvalue weighted by Gasteiger charge is 2.32. The molecule has 0 spiro atoms. The van der Waals surface area contributed by atoms with E-state index >= 15 is 0 Å². The molecule has 0 bridgehead atoms. The molecule has 0 aromatic heterocycles. The Labute approximate surface area is 129 Å². The lowest BCUT2D eigenvalue weighted by Crippen LogP contribution is -2.34. The topological polar surface area (TPSA) is 12.0 Å². The van der Waals surface area contributed by atoms with Crippen LogP contribution in [0.15, 0.2) is 40.9 Å². The van der Waals surface area contributed by atoms with Crippen molar-refractivity contribution in [1.29, 1.82) is 0 Å². The van der Waals surface area contributed by atoms with Crippen molar-refractivity contribution in [3.63, 3.8) is 0 Å². The van der Waals surface area contributed by atoms with Gasteiger partial charge in [0.2, 0.25) is 0 Å². The third-order valence-corrected chi connectivity index (χ3v) is 4.56. The average molecular weight is 356 g/mol. The van der Waals surface area contributed by atoms with E-state index < -0.39 is 17.5 Å². The fourth-order valence-electron chi connectivity index (χ4n) is 2.68. The van der Waals surface area contributed by atoms with Gasteiger partial charge in [0.25, 0.3) is 0 Å². The molecule has 110 valence electrons. The molecule has 1 fully saturated rings. The van der Waals surface area contributed by atoms with Gasteiger partial charge in [-0.15, -0.1) is 0 Å². The first-order valence-corrected chi connectivity index (χ1v) is 7.49. The number of benzene rings is 2. The maximum atomic E-state index is 13.6. The Morgan fingerprint density at radius 2 is 1.62 bits per heavy atom.